The molecule has 56 heavy (non-hydrogen) atoms. The number of nitrogens with zero attached hydrogens (tertiary/aromatic N) is 7. The molecule has 0 bridgehead atoms. The predicted octanol–water partition coefficient (Wildman–Crippen LogP) is 11.6. The summed E-state index contributed by atoms with van der Waals surface area (Å²) in [4.78, 5) is 32.7. The van der Waals surface area contributed by atoms with Crippen LogP contribution in [0.5, 0.6) is 0 Å². The molecule has 0 N–H and O–H groups in total. The molecule has 6 aromatic carbocycles. The molecule has 0 atom stereocenters. The van der Waals surface area contributed by atoms with E-state index in [1.165, 1.54) is 12.7 Å². The Morgan fingerprint density at radius 3 is 1.38 bits per heavy atom. The number of pyridine rings is 4. The normalized spacial score (nSPS) is 11.6. The smallest absolute Gasteiger partial charge is 0.181 e. The standard InChI is InChI=1S/C49H29N7/c1-2-4-30(5-3-1)41-21-18-33-8-9-34-19-22-43(56-48(34)47(33)55-41)39-15-13-35-24-36(11-12-37(35)25-39)38-10-6-31-16-20-42(53-45(31)26-38)40-14-7-32-17-23-44(54-46(32)27-40)49-51-28-50-29-52-49/h1-29H. The lowest BCUT2D eigenvalue weighted by Gasteiger charge is -2.10. The van der Waals surface area contributed by atoms with E-state index >= 15 is 0 Å². The summed E-state index contributed by atoms with van der Waals surface area (Å²) >= 11 is 0. The highest BCUT2D eigenvalue weighted by atomic mass is 15.0. The van der Waals surface area contributed by atoms with Crippen LogP contribution >= 0.6 is 0 Å². The molecule has 0 saturated heterocycles. The van der Waals surface area contributed by atoms with Gasteiger partial charge in [0.05, 0.1) is 39.1 Å². The quantitative estimate of drug-likeness (QED) is 0.164. The van der Waals surface area contributed by atoms with Gasteiger partial charge in [0, 0.05) is 38.2 Å². The van der Waals surface area contributed by atoms with E-state index in [-0.39, 0.29) is 0 Å². The lowest BCUT2D eigenvalue weighted by Crippen LogP contribution is -1.93. The molecule has 5 heterocycles. The van der Waals surface area contributed by atoms with Gasteiger partial charge in [0.1, 0.15) is 18.3 Å². The molecule has 0 amide bonds. The van der Waals surface area contributed by atoms with Crippen molar-refractivity contribution in [2.75, 3.05) is 0 Å². The topological polar surface area (TPSA) is 90.2 Å². The van der Waals surface area contributed by atoms with Crippen LogP contribution in [-0.4, -0.2) is 34.9 Å². The first kappa shape index (κ1) is 31.7. The second-order valence-corrected chi connectivity index (χ2v) is 13.9. The molecule has 0 aliphatic rings. The Balaban J connectivity index is 0.912. The van der Waals surface area contributed by atoms with Gasteiger partial charge >= 0.3 is 0 Å². The molecule has 7 nitrogen and oxygen atoms in total. The van der Waals surface area contributed by atoms with Gasteiger partial charge in [0.15, 0.2) is 5.82 Å². The molecule has 260 valence electrons. The van der Waals surface area contributed by atoms with E-state index in [0.29, 0.717) is 11.5 Å². The van der Waals surface area contributed by atoms with Crippen LogP contribution in [-0.2, 0) is 0 Å². The fraction of sp³-hybridized carbons (Fsp3) is 0. The SMILES string of the molecule is c1ccc(-c2ccc3ccc4ccc(-c5ccc6cc(-c7ccc8ccc(-c9ccc%10ccc(-c%11ncncn%11)nc%10c9)nc8c7)ccc6c5)nc4c3n2)cc1. The van der Waals surface area contributed by atoms with E-state index in [4.69, 9.17) is 19.9 Å². The van der Waals surface area contributed by atoms with Crippen molar-refractivity contribution in [3.8, 4) is 56.4 Å². The van der Waals surface area contributed by atoms with Crippen LogP contribution in [0.15, 0.2) is 176 Å². The molecule has 0 aliphatic carbocycles. The van der Waals surface area contributed by atoms with E-state index in [9.17, 15) is 0 Å². The molecule has 11 aromatic rings. The van der Waals surface area contributed by atoms with Crippen molar-refractivity contribution < 1.29 is 0 Å². The summed E-state index contributed by atoms with van der Waals surface area (Å²) in [6.07, 6.45) is 2.97. The average molecular weight is 716 g/mol. The minimum absolute atomic E-state index is 0.546. The minimum atomic E-state index is 0.546. The lowest BCUT2D eigenvalue weighted by molar-refractivity contribution is 1.05. The Morgan fingerprint density at radius 2 is 0.714 bits per heavy atom. The Morgan fingerprint density at radius 1 is 0.286 bits per heavy atom. The number of aromatic nitrogens is 7. The summed E-state index contributed by atoms with van der Waals surface area (Å²) < 4.78 is 0. The van der Waals surface area contributed by atoms with Crippen LogP contribution in [0.1, 0.15) is 0 Å². The highest BCUT2D eigenvalue weighted by Crippen LogP contribution is 2.33. The van der Waals surface area contributed by atoms with Crippen molar-refractivity contribution in [3.63, 3.8) is 0 Å². The summed E-state index contributed by atoms with van der Waals surface area (Å²) in [5.74, 6) is 0.546. The largest absolute Gasteiger partial charge is 0.248 e. The molecule has 0 spiro atoms. The molecule has 0 aliphatic heterocycles. The third kappa shape index (κ3) is 5.66. The summed E-state index contributed by atoms with van der Waals surface area (Å²) in [6.45, 7) is 0. The van der Waals surface area contributed by atoms with Gasteiger partial charge in [-0.25, -0.2) is 34.9 Å². The predicted molar refractivity (Wildman–Crippen MR) is 226 cm³/mol. The van der Waals surface area contributed by atoms with Crippen LogP contribution in [0.2, 0.25) is 0 Å². The van der Waals surface area contributed by atoms with Crippen molar-refractivity contribution >= 4 is 54.4 Å². The van der Waals surface area contributed by atoms with Crippen molar-refractivity contribution in [2.45, 2.75) is 0 Å². The number of benzene rings is 6. The van der Waals surface area contributed by atoms with E-state index in [1.807, 2.05) is 30.3 Å². The van der Waals surface area contributed by atoms with Crippen LogP contribution in [0, 0.1) is 0 Å². The number of fused-ring (bicyclic) bond motifs is 6. The highest BCUT2D eigenvalue weighted by molar-refractivity contribution is 6.04. The zero-order valence-electron chi connectivity index (χ0n) is 29.9. The fourth-order valence-corrected chi connectivity index (χ4v) is 7.51. The first-order valence-electron chi connectivity index (χ1n) is 18.4. The van der Waals surface area contributed by atoms with E-state index in [2.05, 4.69) is 148 Å². The molecular formula is C49H29N7. The maximum atomic E-state index is 5.19. The van der Waals surface area contributed by atoms with E-state index in [0.717, 1.165) is 99.3 Å². The lowest BCUT2D eigenvalue weighted by atomic mass is 9.98. The minimum Gasteiger partial charge on any atom is -0.248 e. The van der Waals surface area contributed by atoms with Gasteiger partial charge in [-0.3, -0.25) is 0 Å². The zero-order valence-corrected chi connectivity index (χ0v) is 29.9. The Kier molecular flexibility index (Phi) is 7.35. The number of hydrogen-bond donors (Lipinski definition) is 0. The Bertz CT molecular complexity index is 3310. The molecule has 0 unspecified atom stereocenters. The monoisotopic (exact) mass is 715 g/mol. The molecule has 0 radical (unpaired) electrons. The van der Waals surface area contributed by atoms with Crippen LogP contribution in [0.3, 0.4) is 0 Å². The summed E-state index contributed by atoms with van der Waals surface area (Å²) in [7, 11) is 0. The molecule has 11 rings (SSSR count). The maximum Gasteiger partial charge on any atom is 0.181 e. The van der Waals surface area contributed by atoms with Gasteiger partial charge in [-0.1, -0.05) is 115 Å². The summed E-state index contributed by atoms with van der Waals surface area (Å²) in [5.41, 5.74) is 12.5. The van der Waals surface area contributed by atoms with E-state index < -0.39 is 0 Å². The molecule has 0 fully saturated rings. The Labute approximate surface area is 321 Å². The molecule has 5 aromatic heterocycles. The zero-order chi connectivity index (χ0) is 37.0. The molecular weight excluding hydrogens is 687 g/mol. The van der Waals surface area contributed by atoms with Crippen molar-refractivity contribution in [3.05, 3.63) is 176 Å². The number of hydrogen-bond acceptors (Lipinski definition) is 7. The maximum absolute atomic E-state index is 5.19. The van der Waals surface area contributed by atoms with Gasteiger partial charge < -0.3 is 0 Å². The third-order valence-electron chi connectivity index (χ3n) is 10.5. The fourth-order valence-electron chi connectivity index (χ4n) is 7.51. The second-order valence-electron chi connectivity index (χ2n) is 13.9. The molecule has 0 saturated carbocycles. The van der Waals surface area contributed by atoms with Crippen LogP contribution in [0.4, 0.5) is 0 Å². The van der Waals surface area contributed by atoms with Gasteiger partial charge in [-0.05, 0) is 70.4 Å². The molecule has 7 heteroatoms. The first-order valence-corrected chi connectivity index (χ1v) is 18.4. The highest BCUT2D eigenvalue weighted by Gasteiger charge is 2.12. The van der Waals surface area contributed by atoms with Gasteiger partial charge in [0.25, 0.3) is 0 Å². The van der Waals surface area contributed by atoms with Gasteiger partial charge in [-0.15, -0.1) is 0 Å². The first-order chi connectivity index (χ1) is 27.7. The Hall–Kier alpha value is -7.77. The summed E-state index contributed by atoms with van der Waals surface area (Å²) in [5, 5.41) is 6.58. The van der Waals surface area contributed by atoms with E-state index in [1.54, 1.807) is 0 Å². The number of rotatable bonds is 5. The van der Waals surface area contributed by atoms with Gasteiger partial charge in [0.2, 0.25) is 0 Å². The van der Waals surface area contributed by atoms with Crippen LogP contribution in [0.25, 0.3) is 111 Å². The summed E-state index contributed by atoms with van der Waals surface area (Å²) in [6, 6.07) is 57.1. The van der Waals surface area contributed by atoms with Crippen molar-refractivity contribution in [1.29, 1.82) is 0 Å². The second kappa shape index (κ2) is 13.0. The van der Waals surface area contributed by atoms with Crippen LogP contribution < -0.4 is 0 Å². The van der Waals surface area contributed by atoms with Crippen molar-refractivity contribution in [2.24, 2.45) is 0 Å². The van der Waals surface area contributed by atoms with Crippen molar-refractivity contribution in [1.82, 2.24) is 34.9 Å². The average Bonchev–Trinajstić information content (AvgIpc) is 3.28. The third-order valence-corrected chi connectivity index (χ3v) is 10.5. The van der Waals surface area contributed by atoms with Gasteiger partial charge in [-0.2, -0.15) is 0 Å².